The Morgan fingerprint density at radius 1 is 1.26 bits per heavy atom. The number of Topliss-reactive ketones (excluding diaryl/α,β-unsaturated/α-hetero) is 1. The number of aromatic nitrogens is 2. The molecule has 2 aromatic carbocycles. The van der Waals surface area contributed by atoms with E-state index in [2.05, 4.69) is 20.6 Å². The summed E-state index contributed by atoms with van der Waals surface area (Å²) in [4.78, 5) is 21.1. The molecule has 2 heterocycles. The number of ketones is 1. The maximum absolute atomic E-state index is 12.5. The van der Waals surface area contributed by atoms with E-state index in [-0.39, 0.29) is 23.2 Å². The second-order valence-corrected chi connectivity index (χ2v) is 7.91. The Morgan fingerprint density at radius 3 is 2.87 bits per heavy atom. The third-order valence-corrected chi connectivity index (χ3v) is 5.78. The van der Waals surface area contributed by atoms with Crippen molar-refractivity contribution >= 4 is 39.8 Å². The molecule has 4 rings (SSSR count). The molecule has 1 aliphatic rings. The highest BCUT2D eigenvalue weighted by atomic mass is 35.5. The van der Waals surface area contributed by atoms with Gasteiger partial charge in [0.25, 0.3) is 0 Å². The molecule has 0 bridgehead atoms. The van der Waals surface area contributed by atoms with Crippen LogP contribution in [0.5, 0.6) is 11.5 Å². The number of carbonyl (C=O) groups excluding carboxylic acids is 1. The van der Waals surface area contributed by atoms with Gasteiger partial charge < -0.3 is 25.6 Å². The molecule has 1 atom stereocenters. The number of aliphatic hydroxyl groups excluding tert-OH is 1. The molecule has 0 aliphatic carbocycles. The lowest BCUT2D eigenvalue weighted by atomic mass is 9.86. The van der Waals surface area contributed by atoms with Crippen LogP contribution in [0.3, 0.4) is 0 Å². The number of anilines is 2. The van der Waals surface area contributed by atoms with Gasteiger partial charge in [0.1, 0.15) is 42.4 Å². The molecule has 0 saturated carbocycles. The minimum absolute atomic E-state index is 0.0115. The largest absolute Gasteiger partial charge is 0.506 e. The molecule has 0 spiro atoms. The molecule has 31 heavy (non-hydrogen) atoms. The number of halogens is 1. The Morgan fingerprint density at radius 2 is 2.13 bits per heavy atom. The maximum Gasteiger partial charge on any atom is 0.181 e. The standard InChI is InChI=1S/C22H23ClN4O4/c23-15-10-14(6-7-17(15)29)27-21-20-16(24-13-25-21)4-3-5-18(20)31-12-22(19(30)11-28)8-1-2-9-26-22/h3-7,10,13,26,28-29H,1-2,8-9,11-12H2,(H,24,25,27)/t22-/m0/s1. The first-order valence-corrected chi connectivity index (χ1v) is 10.4. The molecule has 4 N–H and O–H groups in total. The zero-order chi connectivity index (χ0) is 21.8. The van der Waals surface area contributed by atoms with Crippen LogP contribution in [-0.2, 0) is 4.79 Å². The Balaban J connectivity index is 1.66. The van der Waals surface area contributed by atoms with Gasteiger partial charge in [-0.3, -0.25) is 4.79 Å². The van der Waals surface area contributed by atoms with Crippen LogP contribution in [0.25, 0.3) is 10.9 Å². The van der Waals surface area contributed by atoms with Crippen LogP contribution in [0.1, 0.15) is 19.3 Å². The number of hydrogen-bond donors (Lipinski definition) is 4. The van der Waals surface area contributed by atoms with E-state index in [9.17, 15) is 15.0 Å². The van der Waals surface area contributed by atoms with Crippen molar-refractivity contribution in [1.29, 1.82) is 0 Å². The van der Waals surface area contributed by atoms with Crippen molar-refractivity contribution in [2.24, 2.45) is 0 Å². The van der Waals surface area contributed by atoms with Crippen molar-refractivity contribution in [2.75, 3.05) is 25.1 Å². The van der Waals surface area contributed by atoms with E-state index in [0.29, 0.717) is 41.1 Å². The molecular weight excluding hydrogens is 420 g/mol. The van der Waals surface area contributed by atoms with Crippen molar-refractivity contribution in [1.82, 2.24) is 15.3 Å². The van der Waals surface area contributed by atoms with E-state index in [0.717, 1.165) is 12.8 Å². The number of aliphatic hydroxyl groups is 1. The van der Waals surface area contributed by atoms with Crippen molar-refractivity contribution in [3.63, 3.8) is 0 Å². The Bertz CT molecular complexity index is 1100. The van der Waals surface area contributed by atoms with Gasteiger partial charge >= 0.3 is 0 Å². The predicted molar refractivity (Wildman–Crippen MR) is 118 cm³/mol. The number of nitrogens with zero attached hydrogens (tertiary/aromatic N) is 2. The number of benzene rings is 2. The summed E-state index contributed by atoms with van der Waals surface area (Å²) in [5.74, 6) is 0.729. The summed E-state index contributed by atoms with van der Waals surface area (Å²) in [6.45, 7) is 0.246. The van der Waals surface area contributed by atoms with Gasteiger partial charge in [-0.25, -0.2) is 9.97 Å². The lowest BCUT2D eigenvalue weighted by Gasteiger charge is -2.36. The molecule has 3 aromatic rings. The Kier molecular flexibility index (Phi) is 6.22. The number of piperidine rings is 1. The van der Waals surface area contributed by atoms with Gasteiger partial charge in [-0.2, -0.15) is 0 Å². The zero-order valence-electron chi connectivity index (χ0n) is 16.8. The number of fused-ring (bicyclic) bond motifs is 1. The van der Waals surface area contributed by atoms with Crippen LogP contribution in [0.2, 0.25) is 5.02 Å². The van der Waals surface area contributed by atoms with Crippen molar-refractivity contribution in [2.45, 2.75) is 24.8 Å². The molecule has 0 amide bonds. The maximum atomic E-state index is 12.5. The summed E-state index contributed by atoms with van der Waals surface area (Å²) in [7, 11) is 0. The van der Waals surface area contributed by atoms with Gasteiger partial charge in [0.05, 0.1) is 15.9 Å². The number of rotatable bonds is 7. The first kappa shape index (κ1) is 21.3. The third-order valence-electron chi connectivity index (χ3n) is 5.48. The lowest BCUT2D eigenvalue weighted by Crippen LogP contribution is -2.59. The first-order chi connectivity index (χ1) is 15.0. The lowest BCUT2D eigenvalue weighted by molar-refractivity contribution is -0.130. The number of phenolic OH excluding ortho intramolecular Hbond substituents is 1. The number of ether oxygens (including phenoxy) is 1. The first-order valence-electron chi connectivity index (χ1n) is 10.0. The van der Waals surface area contributed by atoms with Crippen molar-refractivity contribution in [3.8, 4) is 11.5 Å². The van der Waals surface area contributed by atoms with E-state index < -0.39 is 12.1 Å². The van der Waals surface area contributed by atoms with Gasteiger partial charge in [0.15, 0.2) is 5.78 Å². The molecule has 1 saturated heterocycles. The molecule has 1 aromatic heterocycles. The van der Waals surface area contributed by atoms with E-state index in [1.807, 2.05) is 12.1 Å². The van der Waals surface area contributed by atoms with Gasteiger partial charge in [-0.15, -0.1) is 0 Å². The molecular formula is C22H23ClN4O4. The molecule has 1 aliphatic heterocycles. The summed E-state index contributed by atoms with van der Waals surface area (Å²) < 4.78 is 6.13. The molecule has 0 unspecified atom stereocenters. The van der Waals surface area contributed by atoms with Gasteiger partial charge in [0, 0.05) is 5.69 Å². The predicted octanol–water partition coefficient (Wildman–Crippen LogP) is 3.18. The molecule has 9 heteroatoms. The molecule has 162 valence electrons. The van der Waals surface area contributed by atoms with E-state index in [1.54, 1.807) is 18.2 Å². The number of hydrogen-bond acceptors (Lipinski definition) is 8. The number of phenols is 1. The molecule has 0 radical (unpaired) electrons. The average Bonchev–Trinajstić information content (AvgIpc) is 2.80. The van der Waals surface area contributed by atoms with E-state index in [1.165, 1.54) is 12.4 Å². The summed E-state index contributed by atoms with van der Waals surface area (Å²) in [6.07, 6.45) is 3.90. The summed E-state index contributed by atoms with van der Waals surface area (Å²) in [5.41, 5.74) is 0.389. The van der Waals surface area contributed by atoms with Gasteiger partial charge in [-0.1, -0.05) is 17.7 Å². The fraction of sp³-hybridized carbons (Fsp3) is 0.318. The van der Waals surface area contributed by atoms with E-state index in [4.69, 9.17) is 16.3 Å². The zero-order valence-corrected chi connectivity index (χ0v) is 17.5. The van der Waals surface area contributed by atoms with Crippen LogP contribution >= 0.6 is 11.6 Å². The van der Waals surface area contributed by atoms with Crippen molar-refractivity contribution in [3.05, 3.63) is 47.7 Å². The third kappa shape index (κ3) is 4.41. The normalized spacial score (nSPS) is 18.6. The van der Waals surface area contributed by atoms with Gasteiger partial charge in [0.2, 0.25) is 0 Å². The van der Waals surface area contributed by atoms with Crippen LogP contribution in [0.4, 0.5) is 11.5 Å². The van der Waals surface area contributed by atoms with Crippen LogP contribution in [-0.4, -0.2) is 51.3 Å². The van der Waals surface area contributed by atoms with Gasteiger partial charge in [-0.05, 0) is 56.1 Å². The fourth-order valence-corrected chi connectivity index (χ4v) is 3.96. The topological polar surface area (TPSA) is 117 Å². The summed E-state index contributed by atoms with van der Waals surface area (Å²) >= 11 is 6.02. The Labute approximate surface area is 184 Å². The SMILES string of the molecule is O=C(CO)[C@@]1(COc2cccc3ncnc(Nc4ccc(O)c(Cl)c4)c23)CCCCN1. The smallest absolute Gasteiger partial charge is 0.181 e. The van der Waals surface area contributed by atoms with E-state index >= 15 is 0 Å². The number of nitrogens with one attached hydrogen (secondary N) is 2. The minimum atomic E-state index is -0.914. The van der Waals surface area contributed by atoms with Crippen LogP contribution in [0, 0.1) is 0 Å². The second-order valence-electron chi connectivity index (χ2n) is 7.50. The second kappa shape index (κ2) is 9.05. The molecule has 1 fully saturated rings. The van der Waals surface area contributed by atoms with Crippen molar-refractivity contribution < 1.29 is 19.7 Å². The van der Waals surface area contributed by atoms with Crippen LogP contribution in [0.15, 0.2) is 42.7 Å². The highest BCUT2D eigenvalue weighted by molar-refractivity contribution is 6.32. The summed E-state index contributed by atoms with van der Waals surface area (Å²) in [6, 6.07) is 10.2. The monoisotopic (exact) mass is 442 g/mol. The number of carbonyl (C=O) groups is 1. The Hall–Kier alpha value is -2.94. The highest BCUT2D eigenvalue weighted by Gasteiger charge is 2.39. The quantitative estimate of drug-likeness (QED) is 0.412. The average molecular weight is 443 g/mol. The summed E-state index contributed by atoms with van der Waals surface area (Å²) in [5, 5.41) is 26.4. The van der Waals surface area contributed by atoms with Crippen LogP contribution < -0.4 is 15.4 Å². The fourth-order valence-electron chi connectivity index (χ4n) is 3.78. The number of aromatic hydroxyl groups is 1. The highest BCUT2D eigenvalue weighted by Crippen LogP contribution is 2.34. The minimum Gasteiger partial charge on any atom is -0.506 e. The molecule has 8 nitrogen and oxygen atoms in total.